The number of H-pyrrole nitrogens is 1. The Balaban J connectivity index is 2.05. The van der Waals surface area contributed by atoms with Gasteiger partial charge in [0.1, 0.15) is 11.6 Å². The quantitative estimate of drug-likeness (QED) is 0.523. The van der Waals surface area contributed by atoms with E-state index in [0.29, 0.717) is 21.8 Å². The maximum Gasteiger partial charge on any atom is 0.266 e. The lowest BCUT2D eigenvalue weighted by atomic mass is 9.96. The summed E-state index contributed by atoms with van der Waals surface area (Å²) in [5, 5.41) is 12.1. The predicted molar refractivity (Wildman–Crippen MR) is 105 cm³/mol. The largest absolute Gasteiger partial charge is 0.321 e. The van der Waals surface area contributed by atoms with Crippen LogP contribution in [-0.4, -0.2) is 4.98 Å². The fourth-order valence-corrected chi connectivity index (χ4v) is 3.41. The van der Waals surface area contributed by atoms with E-state index in [4.69, 9.17) is 11.6 Å². The molecule has 0 atom stereocenters. The second-order valence-electron chi connectivity index (χ2n) is 5.92. The van der Waals surface area contributed by atoms with Crippen LogP contribution in [0.15, 0.2) is 77.6 Å². The van der Waals surface area contributed by atoms with Gasteiger partial charge in [0.2, 0.25) is 0 Å². The van der Waals surface area contributed by atoms with Crippen LogP contribution in [0.2, 0.25) is 5.02 Å². The van der Waals surface area contributed by atoms with E-state index in [1.807, 2.05) is 72.8 Å². The zero-order chi connectivity index (χ0) is 18.1. The number of nitriles is 1. The molecular formula is C22H13ClN2O. The van der Waals surface area contributed by atoms with Crippen molar-refractivity contribution in [2.24, 2.45) is 0 Å². The lowest BCUT2D eigenvalue weighted by Crippen LogP contribution is -2.12. The minimum absolute atomic E-state index is 0.0575. The molecule has 26 heavy (non-hydrogen) atoms. The Labute approximate surface area is 155 Å². The molecule has 1 N–H and O–H groups in total. The second kappa shape index (κ2) is 6.51. The number of aromatic amines is 1. The molecule has 1 aromatic heterocycles. The van der Waals surface area contributed by atoms with Crippen molar-refractivity contribution in [2.45, 2.75) is 0 Å². The highest BCUT2D eigenvalue weighted by Crippen LogP contribution is 2.33. The first-order valence-electron chi connectivity index (χ1n) is 8.09. The Morgan fingerprint density at radius 2 is 1.54 bits per heavy atom. The van der Waals surface area contributed by atoms with E-state index in [1.54, 1.807) is 6.07 Å². The minimum Gasteiger partial charge on any atom is -0.321 e. The number of halogens is 1. The number of hydrogen-bond acceptors (Lipinski definition) is 2. The van der Waals surface area contributed by atoms with E-state index in [-0.39, 0.29) is 5.56 Å². The molecule has 0 saturated heterocycles. The summed E-state index contributed by atoms with van der Waals surface area (Å²) in [4.78, 5) is 15.4. The molecule has 0 spiro atoms. The van der Waals surface area contributed by atoms with E-state index in [9.17, 15) is 10.1 Å². The van der Waals surface area contributed by atoms with Gasteiger partial charge in [-0.15, -0.1) is 0 Å². The van der Waals surface area contributed by atoms with Crippen molar-refractivity contribution in [3.8, 4) is 28.5 Å². The third kappa shape index (κ3) is 2.67. The van der Waals surface area contributed by atoms with E-state index in [0.717, 1.165) is 16.3 Å². The van der Waals surface area contributed by atoms with Crippen LogP contribution in [0.5, 0.6) is 0 Å². The monoisotopic (exact) mass is 356 g/mol. The topological polar surface area (TPSA) is 56.6 Å². The third-order valence-corrected chi connectivity index (χ3v) is 4.72. The fraction of sp³-hybridized carbons (Fsp3) is 0. The van der Waals surface area contributed by atoms with Crippen molar-refractivity contribution in [1.82, 2.24) is 4.98 Å². The molecule has 4 heteroatoms. The molecule has 0 aliphatic rings. The van der Waals surface area contributed by atoms with Crippen molar-refractivity contribution in [3.63, 3.8) is 0 Å². The number of aromatic nitrogens is 1. The highest BCUT2D eigenvalue weighted by molar-refractivity contribution is 6.33. The number of nitrogens with zero attached hydrogens (tertiary/aromatic N) is 1. The first-order valence-corrected chi connectivity index (χ1v) is 8.47. The van der Waals surface area contributed by atoms with Crippen molar-refractivity contribution < 1.29 is 0 Å². The van der Waals surface area contributed by atoms with E-state index >= 15 is 0 Å². The van der Waals surface area contributed by atoms with Gasteiger partial charge in [0.15, 0.2) is 0 Å². The van der Waals surface area contributed by atoms with E-state index < -0.39 is 5.56 Å². The summed E-state index contributed by atoms with van der Waals surface area (Å²) >= 11 is 6.31. The molecule has 0 amide bonds. The molecule has 1 heterocycles. The molecule has 0 bridgehead atoms. The van der Waals surface area contributed by atoms with E-state index in [2.05, 4.69) is 4.98 Å². The molecule has 3 aromatic carbocycles. The summed E-state index contributed by atoms with van der Waals surface area (Å²) in [5.74, 6) is 0. The number of nitrogens with one attached hydrogen (secondary N) is 1. The van der Waals surface area contributed by atoms with Gasteiger partial charge in [-0.2, -0.15) is 5.26 Å². The van der Waals surface area contributed by atoms with Crippen LogP contribution < -0.4 is 5.56 Å². The van der Waals surface area contributed by atoms with Crippen LogP contribution in [0.4, 0.5) is 0 Å². The molecule has 124 valence electrons. The SMILES string of the molecule is N#Cc1c(-c2ccccc2Cl)cc(-c2cccc3ccccc23)[nH]c1=O. The maximum absolute atomic E-state index is 12.6. The van der Waals surface area contributed by atoms with Gasteiger partial charge < -0.3 is 4.98 Å². The molecule has 0 fully saturated rings. The highest BCUT2D eigenvalue weighted by atomic mass is 35.5. The molecule has 0 saturated carbocycles. The smallest absolute Gasteiger partial charge is 0.266 e. The van der Waals surface area contributed by atoms with Crippen LogP contribution in [0.25, 0.3) is 33.2 Å². The first kappa shape index (κ1) is 16.1. The Kier molecular flexibility index (Phi) is 4.04. The molecule has 0 aliphatic heterocycles. The maximum atomic E-state index is 12.6. The van der Waals surface area contributed by atoms with Crippen LogP contribution >= 0.6 is 11.6 Å². The number of pyridine rings is 1. The number of rotatable bonds is 2. The zero-order valence-electron chi connectivity index (χ0n) is 13.7. The molecule has 4 rings (SSSR count). The van der Waals surface area contributed by atoms with Gasteiger partial charge >= 0.3 is 0 Å². The lowest BCUT2D eigenvalue weighted by Gasteiger charge is -2.11. The van der Waals surface area contributed by atoms with Crippen molar-refractivity contribution >= 4 is 22.4 Å². The van der Waals surface area contributed by atoms with Crippen LogP contribution in [0.3, 0.4) is 0 Å². The Hall–Kier alpha value is -3.35. The predicted octanol–water partition coefficient (Wildman–Crippen LogP) is 5.39. The van der Waals surface area contributed by atoms with Gasteiger partial charge in [0, 0.05) is 27.4 Å². The standard InChI is InChI=1S/C22H13ClN2O/c23-20-11-4-3-9-16(20)18-12-21(25-22(26)19(18)13-24)17-10-5-7-14-6-1-2-8-15(14)17/h1-12H,(H,25,26). The molecule has 0 unspecified atom stereocenters. The lowest BCUT2D eigenvalue weighted by molar-refractivity contribution is 1.22. The van der Waals surface area contributed by atoms with Crippen LogP contribution in [0, 0.1) is 11.3 Å². The fourth-order valence-electron chi connectivity index (χ4n) is 3.17. The van der Waals surface area contributed by atoms with Gasteiger partial charge in [0.05, 0.1) is 0 Å². The van der Waals surface area contributed by atoms with Gasteiger partial charge in [-0.1, -0.05) is 72.3 Å². The third-order valence-electron chi connectivity index (χ3n) is 4.39. The van der Waals surface area contributed by atoms with Crippen molar-refractivity contribution in [1.29, 1.82) is 5.26 Å². The Bertz CT molecular complexity index is 1230. The summed E-state index contributed by atoms with van der Waals surface area (Å²) in [6.07, 6.45) is 0. The van der Waals surface area contributed by atoms with Gasteiger partial charge in [-0.3, -0.25) is 4.79 Å². The summed E-state index contributed by atoms with van der Waals surface area (Å²) in [6, 6.07) is 24.9. The van der Waals surface area contributed by atoms with Gasteiger partial charge in [-0.05, 0) is 22.9 Å². The molecule has 3 nitrogen and oxygen atoms in total. The Morgan fingerprint density at radius 3 is 2.35 bits per heavy atom. The van der Waals surface area contributed by atoms with Gasteiger partial charge in [-0.25, -0.2) is 0 Å². The second-order valence-corrected chi connectivity index (χ2v) is 6.33. The first-order chi connectivity index (χ1) is 12.7. The summed E-state index contributed by atoms with van der Waals surface area (Å²) in [7, 11) is 0. The van der Waals surface area contributed by atoms with Crippen molar-refractivity contribution in [2.75, 3.05) is 0 Å². The summed E-state index contributed by atoms with van der Waals surface area (Å²) in [5.41, 5.74) is 2.39. The summed E-state index contributed by atoms with van der Waals surface area (Å²) in [6.45, 7) is 0. The molecule has 0 radical (unpaired) electrons. The average molecular weight is 357 g/mol. The summed E-state index contributed by atoms with van der Waals surface area (Å²) < 4.78 is 0. The zero-order valence-corrected chi connectivity index (χ0v) is 14.4. The minimum atomic E-state index is -0.423. The number of hydrogen-bond donors (Lipinski definition) is 1. The normalized spacial score (nSPS) is 10.6. The number of benzene rings is 3. The van der Waals surface area contributed by atoms with Crippen LogP contribution in [0.1, 0.15) is 5.56 Å². The van der Waals surface area contributed by atoms with Crippen molar-refractivity contribution in [3.05, 3.63) is 93.7 Å². The number of fused-ring (bicyclic) bond motifs is 1. The Morgan fingerprint density at radius 1 is 0.846 bits per heavy atom. The van der Waals surface area contributed by atoms with Crippen LogP contribution in [-0.2, 0) is 0 Å². The van der Waals surface area contributed by atoms with Gasteiger partial charge in [0.25, 0.3) is 5.56 Å². The molecular weight excluding hydrogens is 344 g/mol. The highest BCUT2D eigenvalue weighted by Gasteiger charge is 2.15. The molecule has 4 aromatic rings. The average Bonchev–Trinajstić information content (AvgIpc) is 2.67. The molecule has 0 aliphatic carbocycles. The van der Waals surface area contributed by atoms with E-state index in [1.165, 1.54) is 0 Å².